The summed E-state index contributed by atoms with van der Waals surface area (Å²) in [5.41, 5.74) is 1.88. The van der Waals surface area contributed by atoms with Crippen molar-refractivity contribution in [3.8, 4) is 11.5 Å². The lowest BCUT2D eigenvalue weighted by atomic mass is 10.1. The van der Waals surface area contributed by atoms with Gasteiger partial charge in [0.1, 0.15) is 6.26 Å². The van der Waals surface area contributed by atoms with Crippen LogP contribution < -0.4 is 0 Å². The van der Waals surface area contributed by atoms with Crippen molar-refractivity contribution in [1.29, 1.82) is 0 Å². The van der Waals surface area contributed by atoms with E-state index >= 15 is 0 Å². The van der Waals surface area contributed by atoms with Crippen LogP contribution in [0.1, 0.15) is 5.56 Å². The van der Waals surface area contributed by atoms with Crippen LogP contribution in [-0.4, -0.2) is 4.98 Å². The quantitative estimate of drug-likeness (QED) is 0.637. The van der Waals surface area contributed by atoms with E-state index in [2.05, 4.69) is 11.9 Å². The number of hydrogen-bond donors (Lipinski definition) is 0. The van der Waals surface area contributed by atoms with E-state index in [-0.39, 0.29) is 0 Å². The van der Waals surface area contributed by atoms with E-state index in [0.29, 0.717) is 5.89 Å². The van der Waals surface area contributed by atoms with Gasteiger partial charge in [-0.15, -0.1) is 0 Å². The van der Waals surface area contributed by atoms with Crippen LogP contribution in [0.4, 0.5) is 0 Å². The summed E-state index contributed by atoms with van der Waals surface area (Å²) in [6, 6.07) is 7.75. The van der Waals surface area contributed by atoms with Gasteiger partial charge >= 0.3 is 0 Å². The lowest BCUT2D eigenvalue weighted by Crippen LogP contribution is -1.80. The first kappa shape index (κ1) is 7.10. The fourth-order valence-electron chi connectivity index (χ4n) is 1.09. The second kappa shape index (κ2) is 2.81. The molecule has 2 aromatic rings. The minimum Gasteiger partial charge on any atom is -0.445 e. The molecule has 0 spiro atoms. The molecule has 1 aromatic carbocycles. The molecule has 1 aromatic heterocycles. The predicted octanol–water partition coefficient (Wildman–Crippen LogP) is 2.52. The standard InChI is InChI=1S/C10H8NO/c1-8-4-2-3-5-9(8)10-11-6-7-12-10/h2-7H,1H2. The molecule has 0 aliphatic heterocycles. The van der Waals surface area contributed by atoms with E-state index in [1.807, 2.05) is 24.3 Å². The van der Waals surface area contributed by atoms with Crippen molar-refractivity contribution < 1.29 is 4.42 Å². The summed E-state index contributed by atoms with van der Waals surface area (Å²) in [6.45, 7) is 3.88. The number of aromatic nitrogens is 1. The van der Waals surface area contributed by atoms with Crippen LogP contribution in [0.15, 0.2) is 41.1 Å². The van der Waals surface area contributed by atoms with E-state index < -0.39 is 0 Å². The van der Waals surface area contributed by atoms with Gasteiger partial charge in [-0.05, 0) is 18.6 Å². The summed E-state index contributed by atoms with van der Waals surface area (Å²) >= 11 is 0. The van der Waals surface area contributed by atoms with Crippen molar-refractivity contribution >= 4 is 0 Å². The van der Waals surface area contributed by atoms with Gasteiger partial charge in [-0.25, -0.2) is 4.98 Å². The molecule has 0 bridgehead atoms. The Bertz CT molecular complexity index is 365. The van der Waals surface area contributed by atoms with Gasteiger partial charge in [-0.1, -0.05) is 18.2 Å². The van der Waals surface area contributed by atoms with E-state index in [1.165, 1.54) is 0 Å². The third kappa shape index (κ3) is 1.11. The van der Waals surface area contributed by atoms with E-state index in [0.717, 1.165) is 11.1 Å². The molecule has 0 saturated carbocycles. The zero-order valence-electron chi connectivity index (χ0n) is 6.53. The van der Waals surface area contributed by atoms with E-state index in [9.17, 15) is 0 Å². The number of oxazole rings is 1. The van der Waals surface area contributed by atoms with Crippen molar-refractivity contribution in [2.75, 3.05) is 0 Å². The maximum absolute atomic E-state index is 5.15. The molecule has 59 valence electrons. The van der Waals surface area contributed by atoms with Crippen LogP contribution in [-0.2, 0) is 0 Å². The van der Waals surface area contributed by atoms with Gasteiger partial charge in [0.05, 0.1) is 6.20 Å². The highest BCUT2D eigenvalue weighted by molar-refractivity contribution is 5.59. The molecule has 0 aliphatic rings. The lowest BCUT2D eigenvalue weighted by Gasteiger charge is -1.98. The first-order chi connectivity index (χ1) is 5.88. The zero-order valence-corrected chi connectivity index (χ0v) is 6.53. The highest BCUT2D eigenvalue weighted by Gasteiger charge is 2.03. The fraction of sp³-hybridized carbons (Fsp3) is 0. The molecule has 0 aliphatic carbocycles. The number of benzene rings is 1. The lowest BCUT2D eigenvalue weighted by molar-refractivity contribution is 0.574. The van der Waals surface area contributed by atoms with Crippen LogP contribution >= 0.6 is 0 Å². The largest absolute Gasteiger partial charge is 0.445 e. The zero-order chi connectivity index (χ0) is 8.39. The molecule has 1 radical (unpaired) electrons. The molecule has 2 nitrogen and oxygen atoms in total. The molecular formula is C10H8NO. The Morgan fingerprint density at radius 2 is 2.08 bits per heavy atom. The Hall–Kier alpha value is -1.57. The molecule has 0 N–H and O–H groups in total. The maximum atomic E-state index is 5.15. The molecule has 12 heavy (non-hydrogen) atoms. The average Bonchev–Trinajstić information content (AvgIpc) is 2.57. The van der Waals surface area contributed by atoms with Gasteiger partial charge in [0.2, 0.25) is 5.89 Å². The summed E-state index contributed by atoms with van der Waals surface area (Å²) in [5.74, 6) is 0.626. The number of nitrogens with zero attached hydrogens (tertiary/aromatic N) is 1. The van der Waals surface area contributed by atoms with Crippen molar-refractivity contribution in [3.05, 3.63) is 49.2 Å². The minimum atomic E-state index is 0.626. The highest BCUT2D eigenvalue weighted by Crippen LogP contribution is 2.20. The normalized spacial score (nSPS) is 10.1. The summed E-state index contributed by atoms with van der Waals surface area (Å²) in [6.07, 6.45) is 3.18. The summed E-state index contributed by atoms with van der Waals surface area (Å²) in [5, 5.41) is 0. The van der Waals surface area contributed by atoms with Gasteiger partial charge in [-0.3, -0.25) is 0 Å². The molecule has 0 amide bonds. The SMILES string of the molecule is [CH2]c1ccccc1-c1ncco1. The second-order valence-electron chi connectivity index (χ2n) is 2.49. The van der Waals surface area contributed by atoms with E-state index in [1.54, 1.807) is 12.5 Å². The molecular weight excluding hydrogens is 150 g/mol. The molecule has 1 heterocycles. The topological polar surface area (TPSA) is 26.0 Å². The molecule has 2 heteroatoms. The first-order valence-electron chi connectivity index (χ1n) is 3.69. The Morgan fingerprint density at radius 3 is 2.75 bits per heavy atom. The Morgan fingerprint density at radius 1 is 1.25 bits per heavy atom. The number of rotatable bonds is 1. The summed E-state index contributed by atoms with van der Waals surface area (Å²) in [4.78, 5) is 4.04. The Balaban J connectivity index is 2.55. The second-order valence-corrected chi connectivity index (χ2v) is 2.49. The smallest absolute Gasteiger partial charge is 0.226 e. The predicted molar refractivity (Wildman–Crippen MR) is 46.4 cm³/mol. The third-order valence-corrected chi connectivity index (χ3v) is 1.68. The van der Waals surface area contributed by atoms with E-state index in [4.69, 9.17) is 4.42 Å². The third-order valence-electron chi connectivity index (χ3n) is 1.68. The molecule has 0 fully saturated rings. The van der Waals surface area contributed by atoms with Crippen LogP contribution in [0.2, 0.25) is 0 Å². The molecule has 2 rings (SSSR count). The molecule has 0 unspecified atom stereocenters. The van der Waals surface area contributed by atoms with Crippen LogP contribution in [0.3, 0.4) is 0 Å². The van der Waals surface area contributed by atoms with Gasteiger partial charge in [0, 0.05) is 5.56 Å². The van der Waals surface area contributed by atoms with Gasteiger partial charge in [0.25, 0.3) is 0 Å². The maximum Gasteiger partial charge on any atom is 0.226 e. The van der Waals surface area contributed by atoms with Crippen LogP contribution in [0.5, 0.6) is 0 Å². The molecule has 0 saturated heterocycles. The Labute approximate surface area is 70.9 Å². The van der Waals surface area contributed by atoms with Gasteiger partial charge in [0.15, 0.2) is 0 Å². The van der Waals surface area contributed by atoms with Crippen molar-refractivity contribution in [2.45, 2.75) is 0 Å². The van der Waals surface area contributed by atoms with Crippen molar-refractivity contribution in [2.24, 2.45) is 0 Å². The Kier molecular flexibility index (Phi) is 1.67. The highest BCUT2D eigenvalue weighted by atomic mass is 16.3. The van der Waals surface area contributed by atoms with Crippen LogP contribution in [0.25, 0.3) is 11.5 Å². The monoisotopic (exact) mass is 158 g/mol. The molecule has 0 atom stereocenters. The van der Waals surface area contributed by atoms with Crippen LogP contribution in [0, 0.1) is 6.92 Å². The van der Waals surface area contributed by atoms with Crippen molar-refractivity contribution in [3.63, 3.8) is 0 Å². The number of hydrogen-bond acceptors (Lipinski definition) is 2. The van der Waals surface area contributed by atoms with Gasteiger partial charge < -0.3 is 4.42 Å². The van der Waals surface area contributed by atoms with Crippen molar-refractivity contribution in [1.82, 2.24) is 4.98 Å². The minimum absolute atomic E-state index is 0.626. The summed E-state index contributed by atoms with van der Waals surface area (Å²) in [7, 11) is 0. The average molecular weight is 158 g/mol. The first-order valence-corrected chi connectivity index (χ1v) is 3.69. The summed E-state index contributed by atoms with van der Waals surface area (Å²) < 4.78 is 5.15. The fourth-order valence-corrected chi connectivity index (χ4v) is 1.09. The van der Waals surface area contributed by atoms with Gasteiger partial charge in [-0.2, -0.15) is 0 Å².